The van der Waals surface area contributed by atoms with Crippen molar-refractivity contribution < 1.29 is 24.2 Å². The van der Waals surface area contributed by atoms with Crippen LogP contribution in [0.3, 0.4) is 0 Å². The Morgan fingerprint density at radius 3 is 2.67 bits per heavy atom. The van der Waals surface area contributed by atoms with Crippen molar-refractivity contribution in [1.29, 1.82) is 0 Å². The lowest BCUT2D eigenvalue weighted by molar-refractivity contribution is -0.144. The van der Waals surface area contributed by atoms with Gasteiger partial charge in [0.05, 0.1) is 5.56 Å². The van der Waals surface area contributed by atoms with Gasteiger partial charge in [0.15, 0.2) is 11.5 Å². The predicted octanol–water partition coefficient (Wildman–Crippen LogP) is 1.44. The summed E-state index contributed by atoms with van der Waals surface area (Å²) in [7, 11) is 0. The highest BCUT2D eigenvalue weighted by atomic mass is 16.6. The lowest BCUT2D eigenvalue weighted by Gasteiger charge is -2.27. The smallest absolute Gasteiger partial charge is 0.329 e. The standard InChI is InChI=1S/C15H17NO5/c1-15(14(18)19,9-5-6-9)16-13(17)10-3-2-4-11-12(10)21-8-7-20-11/h2-4,9H,5-8H2,1H3,(H,16,17)(H,18,19). The van der Waals surface area contributed by atoms with E-state index in [1.165, 1.54) is 0 Å². The van der Waals surface area contributed by atoms with Crippen LogP contribution in [0, 0.1) is 5.92 Å². The molecule has 1 saturated carbocycles. The summed E-state index contributed by atoms with van der Waals surface area (Å²) in [6.07, 6.45) is 1.63. The Morgan fingerprint density at radius 2 is 2.00 bits per heavy atom. The highest BCUT2D eigenvalue weighted by molar-refractivity contribution is 6.00. The summed E-state index contributed by atoms with van der Waals surface area (Å²) in [5, 5.41) is 12.1. The molecule has 1 aliphatic heterocycles. The number of ether oxygens (including phenoxy) is 2. The number of fused-ring (bicyclic) bond motifs is 1. The largest absolute Gasteiger partial charge is 0.486 e. The molecule has 0 saturated heterocycles. The molecule has 2 N–H and O–H groups in total. The second-order valence-corrected chi connectivity index (χ2v) is 5.57. The van der Waals surface area contributed by atoms with Crippen LogP contribution < -0.4 is 14.8 Å². The minimum Gasteiger partial charge on any atom is -0.486 e. The molecule has 1 unspecified atom stereocenters. The molecule has 0 aromatic heterocycles. The summed E-state index contributed by atoms with van der Waals surface area (Å²) < 4.78 is 10.9. The molecule has 1 fully saturated rings. The zero-order valence-corrected chi connectivity index (χ0v) is 11.7. The molecule has 1 heterocycles. The minimum atomic E-state index is -1.24. The molecule has 1 aromatic carbocycles. The third-order valence-corrected chi connectivity index (χ3v) is 4.02. The molecule has 1 aliphatic carbocycles. The first-order valence-corrected chi connectivity index (χ1v) is 6.97. The van der Waals surface area contributed by atoms with Crippen LogP contribution >= 0.6 is 0 Å². The molecule has 0 spiro atoms. The van der Waals surface area contributed by atoms with E-state index in [1.54, 1.807) is 25.1 Å². The molecule has 2 aliphatic rings. The highest BCUT2D eigenvalue weighted by Crippen LogP contribution is 2.40. The molecule has 1 amide bonds. The number of carbonyl (C=O) groups is 2. The van der Waals surface area contributed by atoms with Crippen molar-refractivity contribution in [3.63, 3.8) is 0 Å². The Balaban J connectivity index is 1.87. The Kier molecular flexibility index (Phi) is 3.23. The fraction of sp³-hybridized carbons (Fsp3) is 0.467. The van der Waals surface area contributed by atoms with Crippen molar-refractivity contribution in [2.75, 3.05) is 13.2 Å². The Morgan fingerprint density at radius 1 is 1.29 bits per heavy atom. The zero-order valence-electron chi connectivity index (χ0n) is 11.7. The molecule has 6 nitrogen and oxygen atoms in total. The molecule has 21 heavy (non-hydrogen) atoms. The number of benzene rings is 1. The number of hydrogen-bond acceptors (Lipinski definition) is 4. The van der Waals surface area contributed by atoms with Crippen molar-refractivity contribution in [2.45, 2.75) is 25.3 Å². The van der Waals surface area contributed by atoms with Crippen molar-refractivity contribution in [2.24, 2.45) is 5.92 Å². The number of amides is 1. The monoisotopic (exact) mass is 291 g/mol. The van der Waals surface area contributed by atoms with Crippen LogP contribution in [0.1, 0.15) is 30.1 Å². The summed E-state index contributed by atoms with van der Waals surface area (Å²) in [4.78, 5) is 23.9. The van der Waals surface area contributed by atoms with Crippen molar-refractivity contribution >= 4 is 11.9 Å². The molecule has 1 aromatic rings. The van der Waals surface area contributed by atoms with Gasteiger partial charge in [-0.05, 0) is 37.8 Å². The van der Waals surface area contributed by atoms with E-state index < -0.39 is 17.4 Å². The summed E-state index contributed by atoms with van der Waals surface area (Å²) in [5.41, 5.74) is -0.935. The average molecular weight is 291 g/mol. The maximum Gasteiger partial charge on any atom is 0.329 e. The SMILES string of the molecule is CC(NC(=O)c1cccc2c1OCCO2)(C(=O)O)C1CC1. The van der Waals surface area contributed by atoms with Crippen LogP contribution in [0.4, 0.5) is 0 Å². The van der Waals surface area contributed by atoms with Gasteiger partial charge in [-0.15, -0.1) is 0 Å². The molecule has 3 rings (SSSR count). The molecule has 0 radical (unpaired) electrons. The Labute approximate surface area is 122 Å². The normalized spacial score (nSPS) is 19.5. The summed E-state index contributed by atoms with van der Waals surface area (Å²) >= 11 is 0. The maximum atomic E-state index is 12.5. The van der Waals surface area contributed by atoms with E-state index >= 15 is 0 Å². The first-order chi connectivity index (χ1) is 10.0. The van der Waals surface area contributed by atoms with Gasteiger partial charge in [0.1, 0.15) is 18.8 Å². The van der Waals surface area contributed by atoms with Crippen LogP contribution in [0.5, 0.6) is 11.5 Å². The van der Waals surface area contributed by atoms with Crippen LogP contribution in [-0.4, -0.2) is 35.7 Å². The Hall–Kier alpha value is -2.24. The predicted molar refractivity (Wildman–Crippen MR) is 73.7 cm³/mol. The van der Waals surface area contributed by atoms with E-state index in [-0.39, 0.29) is 5.92 Å². The second kappa shape index (κ2) is 4.95. The molecular formula is C15H17NO5. The van der Waals surface area contributed by atoms with Crippen molar-refractivity contribution in [3.05, 3.63) is 23.8 Å². The fourth-order valence-corrected chi connectivity index (χ4v) is 2.55. The molecular weight excluding hydrogens is 274 g/mol. The van der Waals surface area contributed by atoms with E-state index in [2.05, 4.69) is 5.32 Å². The molecule has 112 valence electrons. The molecule has 0 bridgehead atoms. The van der Waals surface area contributed by atoms with E-state index in [1.807, 2.05) is 0 Å². The van der Waals surface area contributed by atoms with Crippen LogP contribution in [-0.2, 0) is 4.79 Å². The quantitative estimate of drug-likeness (QED) is 0.877. The second-order valence-electron chi connectivity index (χ2n) is 5.57. The number of nitrogens with one attached hydrogen (secondary N) is 1. The van der Waals surface area contributed by atoms with Crippen molar-refractivity contribution in [1.82, 2.24) is 5.32 Å². The van der Waals surface area contributed by atoms with E-state index in [0.717, 1.165) is 12.8 Å². The summed E-state index contributed by atoms with van der Waals surface area (Å²) in [5.74, 6) is -0.591. The zero-order chi connectivity index (χ0) is 15.0. The number of carboxylic acid groups (broad SMARTS) is 1. The van der Waals surface area contributed by atoms with Gasteiger partial charge in [0, 0.05) is 0 Å². The van der Waals surface area contributed by atoms with Gasteiger partial charge < -0.3 is 19.9 Å². The first-order valence-electron chi connectivity index (χ1n) is 6.97. The summed E-state index contributed by atoms with van der Waals surface area (Å²) in [6, 6.07) is 5.03. The van der Waals surface area contributed by atoms with Gasteiger partial charge >= 0.3 is 5.97 Å². The van der Waals surface area contributed by atoms with Crippen LogP contribution in [0.25, 0.3) is 0 Å². The lowest BCUT2D eigenvalue weighted by atomic mass is 9.95. The summed E-state index contributed by atoms with van der Waals surface area (Å²) in [6.45, 7) is 2.36. The molecule has 6 heteroatoms. The van der Waals surface area contributed by atoms with Gasteiger partial charge in [0.25, 0.3) is 5.91 Å². The first kappa shape index (κ1) is 13.7. The number of hydrogen-bond donors (Lipinski definition) is 2. The number of aliphatic carboxylic acids is 1. The number of carboxylic acids is 1. The number of para-hydroxylation sites is 1. The van der Waals surface area contributed by atoms with Crippen LogP contribution in [0.2, 0.25) is 0 Å². The lowest BCUT2D eigenvalue weighted by Crippen LogP contribution is -2.54. The van der Waals surface area contributed by atoms with Gasteiger partial charge in [-0.2, -0.15) is 0 Å². The van der Waals surface area contributed by atoms with Gasteiger partial charge in [-0.25, -0.2) is 4.79 Å². The third-order valence-electron chi connectivity index (χ3n) is 4.02. The van der Waals surface area contributed by atoms with Gasteiger partial charge in [-0.3, -0.25) is 4.79 Å². The Bertz CT molecular complexity index is 596. The highest BCUT2D eigenvalue weighted by Gasteiger charge is 2.48. The topological polar surface area (TPSA) is 84.9 Å². The van der Waals surface area contributed by atoms with Crippen molar-refractivity contribution in [3.8, 4) is 11.5 Å². The third kappa shape index (κ3) is 2.41. The average Bonchev–Trinajstić information content (AvgIpc) is 3.31. The maximum absolute atomic E-state index is 12.5. The van der Waals surface area contributed by atoms with E-state index in [0.29, 0.717) is 30.3 Å². The van der Waals surface area contributed by atoms with Gasteiger partial charge in [0.2, 0.25) is 0 Å². The minimum absolute atomic E-state index is 0.0179. The van der Waals surface area contributed by atoms with E-state index in [9.17, 15) is 14.7 Å². The van der Waals surface area contributed by atoms with E-state index in [4.69, 9.17) is 9.47 Å². The number of rotatable bonds is 4. The van der Waals surface area contributed by atoms with Gasteiger partial charge in [-0.1, -0.05) is 6.07 Å². The fourth-order valence-electron chi connectivity index (χ4n) is 2.55. The van der Waals surface area contributed by atoms with Crippen LogP contribution in [0.15, 0.2) is 18.2 Å². The number of carbonyl (C=O) groups excluding carboxylic acids is 1. The molecule has 1 atom stereocenters.